The van der Waals surface area contributed by atoms with E-state index in [0.29, 0.717) is 36.5 Å². The lowest BCUT2D eigenvalue weighted by molar-refractivity contribution is -0.128. The Kier molecular flexibility index (Phi) is 7.92. The molecule has 4 aromatic rings. The third-order valence-corrected chi connectivity index (χ3v) is 7.90. The molecule has 3 N–H and O–H groups in total. The number of nitriles is 1. The Labute approximate surface area is 257 Å². The van der Waals surface area contributed by atoms with E-state index in [1.165, 1.54) is 30.6 Å². The number of nitrogens with one attached hydrogen (secondary N) is 1. The van der Waals surface area contributed by atoms with Crippen LogP contribution < -0.4 is 15.8 Å². The number of nitrogens with zero attached hydrogens (tertiary/aromatic N) is 6. The van der Waals surface area contributed by atoms with Crippen molar-refractivity contribution in [2.45, 2.75) is 57.2 Å². The molecular formula is C32H31F3N8O2. The van der Waals surface area contributed by atoms with Crippen LogP contribution in [0.3, 0.4) is 0 Å². The van der Waals surface area contributed by atoms with Gasteiger partial charge in [-0.05, 0) is 69.9 Å². The number of fused-ring (bicyclic) bond motifs is 1. The molecule has 1 atom stereocenters. The van der Waals surface area contributed by atoms with Crippen LogP contribution in [-0.4, -0.2) is 55.2 Å². The first-order valence-electron chi connectivity index (χ1n) is 14.6. The number of ether oxygens (including phenoxy) is 1. The number of nitrogen functional groups attached to an aromatic ring is 1. The average Bonchev–Trinajstić information content (AvgIpc) is 3.73. The number of carbonyl (C=O) groups is 1. The number of nitrogens with two attached hydrogens (primary N) is 1. The number of amides is 1. The van der Waals surface area contributed by atoms with Crippen molar-refractivity contribution < 1.29 is 22.7 Å². The Bertz CT molecular complexity index is 1860. The summed E-state index contributed by atoms with van der Waals surface area (Å²) in [7, 11) is 0. The maximum atomic E-state index is 15.6. The molecule has 1 saturated carbocycles. The van der Waals surface area contributed by atoms with Crippen LogP contribution in [0.5, 0.6) is 11.5 Å². The molecule has 0 radical (unpaired) electrons. The predicted octanol–water partition coefficient (Wildman–Crippen LogP) is 5.43. The summed E-state index contributed by atoms with van der Waals surface area (Å²) in [5.74, 6) is -3.73. The van der Waals surface area contributed by atoms with E-state index in [1.54, 1.807) is 15.7 Å². The molecule has 1 aliphatic heterocycles. The van der Waals surface area contributed by atoms with Crippen LogP contribution in [0, 0.1) is 28.8 Å². The van der Waals surface area contributed by atoms with Crippen LogP contribution in [-0.2, 0) is 4.79 Å². The molecule has 1 aliphatic carbocycles. The monoisotopic (exact) mass is 616 g/mol. The van der Waals surface area contributed by atoms with Gasteiger partial charge in [0.1, 0.15) is 41.0 Å². The van der Waals surface area contributed by atoms with Gasteiger partial charge >= 0.3 is 0 Å². The van der Waals surface area contributed by atoms with Gasteiger partial charge in [0, 0.05) is 36.3 Å². The van der Waals surface area contributed by atoms with E-state index in [-0.39, 0.29) is 52.6 Å². The SMILES string of the molecule is CC(C)(C=C(C#N)C(=O)N1CCCC(n2nc(-c3ccc(Oc4cccc(F)c4F)cc3F)c3c(N)ncnc32)C1)NC1CC1. The van der Waals surface area contributed by atoms with Crippen LogP contribution in [0.2, 0.25) is 0 Å². The van der Waals surface area contributed by atoms with Crippen LogP contribution in [0.15, 0.2) is 54.4 Å². The molecule has 2 aliphatic rings. The highest BCUT2D eigenvalue weighted by Crippen LogP contribution is 2.37. The second-order valence-corrected chi connectivity index (χ2v) is 11.9. The van der Waals surface area contributed by atoms with Crippen molar-refractivity contribution in [3.63, 3.8) is 0 Å². The molecule has 2 aromatic heterocycles. The standard InChI is InChI=1S/C32H31F3N8O2/c1-32(2,40-19-8-9-19)14-18(15-36)31(44)42-12-4-5-20(16-42)43-30-26(29(37)38-17-39-30)28(41-43)22-11-10-21(13-24(22)34)45-25-7-3-6-23(33)27(25)35/h3,6-7,10-11,13-14,17,19-20,40H,4-5,8-9,12,16H2,1-2H3,(H2,37,38,39). The first-order chi connectivity index (χ1) is 21.5. The molecule has 6 rings (SSSR count). The third kappa shape index (κ3) is 6.19. The largest absolute Gasteiger partial charge is 0.454 e. The molecule has 10 nitrogen and oxygen atoms in total. The highest BCUT2D eigenvalue weighted by Gasteiger charge is 2.33. The first-order valence-corrected chi connectivity index (χ1v) is 14.6. The Morgan fingerprint density at radius 2 is 1.96 bits per heavy atom. The van der Waals surface area contributed by atoms with E-state index in [2.05, 4.69) is 21.4 Å². The van der Waals surface area contributed by atoms with Gasteiger partial charge in [-0.25, -0.2) is 23.4 Å². The van der Waals surface area contributed by atoms with E-state index in [1.807, 2.05) is 13.8 Å². The lowest BCUT2D eigenvalue weighted by Gasteiger charge is -2.33. The molecule has 1 saturated heterocycles. The number of anilines is 1. The van der Waals surface area contributed by atoms with Crippen molar-refractivity contribution in [2.24, 2.45) is 0 Å². The van der Waals surface area contributed by atoms with Gasteiger partial charge in [-0.1, -0.05) is 6.07 Å². The Balaban J connectivity index is 1.29. The summed E-state index contributed by atoms with van der Waals surface area (Å²) in [5, 5.41) is 18.4. The van der Waals surface area contributed by atoms with E-state index in [0.717, 1.165) is 25.0 Å². The second-order valence-electron chi connectivity index (χ2n) is 11.9. The fraction of sp³-hybridized carbons (Fsp3) is 0.344. The summed E-state index contributed by atoms with van der Waals surface area (Å²) >= 11 is 0. The molecule has 45 heavy (non-hydrogen) atoms. The van der Waals surface area contributed by atoms with Gasteiger partial charge in [-0.3, -0.25) is 4.79 Å². The minimum absolute atomic E-state index is 0.0491. The van der Waals surface area contributed by atoms with Crippen LogP contribution in [0.1, 0.15) is 45.6 Å². The topological polar surface area (TPSA) is 135 Å². The van der Waals surface area contributed by atoms with E-state index < -0.39 is 23.0 Å². The van der Waals surface area contributed by atoms with E-state index >= 15 is 4.39 Å². The van der Waals surface area contributed by atoms with Gasteiger partial charge in [-0.15, -0.1) is 0 Å². The summed E-state index contributed by atoms with van der Waals surface area (Å²) in [6.45, 7) is 4.60. The van der Waals surface area contributed by atoms with Gasteiger partial charge in [0.15, 0.2) is 17.2 Å². The fourth-order valence-electron chi connectivity index (χ4n) is 5.69. The Morgan fingerprint density at radius 1 is 1.16 bits per heavy atom. The van der Waals surface area contributed by atoms with Crippen molar-refractivity contribution in [2.75, 3.05) is 18.8 Å². The molecular weight excluding hydrogens is 585 g/mol. The predicted molar refractivity (Wildman–Crippen MR) is 160 cm³/mol. The number of aromatic nitrogens is 4. The molecule has 0 bridgehead atoms. The zero-order valence-corrected chi connectivity index (χ0v) is 24.7. The van der Waals surface area contributed by atoms with E-state index in [4.69, 9.17) is 15.6 Å². The Hall–Kier alpha value is -4.96. The highest BCUT2D eigenvalue weighted by atomic mass is 19.2. The zero-order chi connectivity index (χ0) is 31.9. The van der Waals surface area contributed by atoms with Crippen LogP contribution in [0.25, 0.3) is 22.3 Å². The lowest BCUT2D eigenvalue weighted by Crippen LogP contribution is -2.43. The first kappa shape index (κ1) is 30.1. The van der Waals surface area contributed by atoms with Crippen molar-refractivity contribution in [1.29, 1.82) is 5.26 Å². The van der Waals surface area contributed by atoms with Gasteiger partial charge < -0.3 is 20.7 Å². The summed E-state index contributed by atoms with van der Waals surface area (Å²) in [6, 6.07) is 9.45. The van der Waals surface area contributed by atoms with Crippen molar-refractivity contribution >= 4 is 22.8 Å². The van der Waals surface area contributed by atoms with Crippen molar-refractivity contribution in [3.05, 3.63) is 71.8 Å². The fourth-order valence-corrected chi connectivity index (χ4v) is 5.69. The summed E-state index contributed by atoms with van der Waals surface area (Å²) in [6.07, 6.45) is 6.42. The smallest absolute Gasteiger partial charge is 0.264 e. The quantitative estimate of drug-likeness (QED) is 0.198. The molecule has 0 spiro atoms. The van der Waals surface area contributed by atoms with E-state index in [9.17, 15) is 18.8 Å². The maximum absolute atomic E-state index is 15.6. The summed E-state index contributed by atoms with van der Waals surface area (Å²) in [5.41, 5.74) is 6.39. The normalized spacial score (nSPS) is 17.4. The van der Waals surface area contributed by atoms with Crippen molar-refractivity contribution in [1.82, 2.24) is 30.0 Å². The number of carbonyl (C=O) groups excluding carboxylic acids is 1. The van der Waals surface area contributed by atoms with Gasteiger partial charge in [0.25, 0.3) is 5.91 Å². The number of hydrogen-bond acceptors (Lipinski definition) is 8. The molecule has 2 aromatic carbocycles. The minimum Gasteiger partial charge on any atom is -0.454 e. The van der Waals surface area contributed by atoms with Gasteiger partial charge in [0.05, 0.1) is 11.4 Å². The molecule has 3 heterocycles. The van der Waals surface area contributed by atoms with Crippen molar-refractivity contribution in [3.8, 4) is 28.8 Å². The summed E-state index contributed by atoms with van der Waals surface area (Å²) in [4.78, 5) is 23.6. The number of rotatable bonds is 8. The highest BCUT2D eigenvalue weighted by molar-refractivity contribution is 5.99. The van der Waals surface area contributed by atoms with Gasteiger partial charge in [0.2, 0.25) is 5.82 Å². The molecule has 1 unspecified atom stereocenters. The molecule has 13 heteroatoms. The summed E-state index contributed by atoms with van der Waals surface area (Å²) < 4.78 is 50.3. The van der Waals surface area contributed by atoms with Crippen LogP contribution >= 0.6 is 0 Å². The van der Waals surface area contributed by atoms with Gasteiger partial charge in [-0.2, -0.15) is 14.8 Å². The second kappa shape index (κ2) is 11.9. The molecule has 2 fully saturated rings. The third-order valence-electron chi connectivity index (χ3n) is 7.90. The lowest BCUT2D eigenvalue weighted by atomic mass is 9.99. The molecule has 232 valence electrons. The minimum atomic E-state index is -1.19. The zero-order valence-electron chi connectivity index (χ0n) is 24.7. The number of hydrogen-bond donors (Lipinski definition) is 2. The number of piperidine rings is 1. The maximum Gasteiger partial charge on any atom is 0.264 e. The number of halogens is 3. The molecule has 1 amide bonds. The number of likely N-dealkylation sites (tertiary alicyclic amines) is 1. The van der Waals surface area contributed by atoms with Crippen LogP contribution in [0.4, 0.5) is 19.0 Å². The number of benzene rings is 2. The average molecular weight is 617 g/mol. The Morgan fingerprint density at radius 3 is 2.69 bits per heavy atom.